The van der Waals surface area contributed by atoms with Gasteiger partial charge in [0.2, 0.25) is 0 Å². The summed E-state index contributed by atoms with van der Waals surface area (Å²) in [5.74, 6) is 0. The fourth-order valence-electron chi connectivity index (χ4n) is 5.02. The number of aliphatic hydroxyl groups is 1. The number of anilines is 3. The molecule has 170 valence electrons. The van der Waals surface area contributed by atoms with Crippen LogP contribution in [0.2, 0.25) is 0 Å². The SMILES string of the molecule is CCc1cccc2c(CCNc3ccc(Nc4ccnc5c4CCC5(C)O)cc3C)c[nH]c12. The van der Waals surface area contributed by atoms with Gasteiger partial charge in [-0.3, -0.25) is 4.98 Å². The first-order valence-electron chi connectivity index (χ1n) is 11.9. The maximum atomic E-state index is 10.6. The lowest BCUT2D eigenvalue weighted by atomic mass is 10.0. The van der Waals surface area contributed by atoms with E-state index in [2.05, 4.69) is 77.0 Å². The molecule has 2 aromatic heterocycles. The number of hydrogen-bond acceptors (Lipinski definition) is 4. The van der Waals surface area contributed by atoms with Gasteiger partial charge in [0.05, 0.1) is 5.69 Å². The van der Waals surface area contributed by atoms with Crippen molar-refractivity contribution < 1.29 is 5.11 Å². The van der Waals surface area contributed by atoms with E-state index in [4.69, 9.17) is 0 Å². The zero-order valence-electron chi connectivity index (χ0n) is 19.6. The first-order chi connectivity index (χ1) is 16.0. The summed E-state index contributed by atoms with van der Waals surface area (Å²) in [4.78, 5) is 7.89. The van der Waals surface area contributed by atoms with Gasteiger partial charge in [-0.1, -0.05) is 25.1 Å². The molecule has 0 aliphatic heterocycles. The van der Waals surface area contributed by atoms with Crippen molar-refractivity contribution in [3.63, 3.8) is 0 Å². The Balaban J connectivity index is 1.26. The topological polar surface area (TPSA) is 73.0 Å². The van der Waals surface area contributed by atoms with Crippen LogP contribution in [0.5, 0.6) is 0 Å². The van der Waals surface area contributed by atoms with Crippen LogP contribution in [-0.4, -0.2) is 21.6 Å². The van der Waals surface area contributed by atoms with E-state index in [0.29, 0.717) is 6.42 Å². The zero-order chi connectivity index (χ0) is 23.0. The molecule has 2 heterocycles. The van der Waals surface area contributed by atoms with Crippen molar-refractivity contribution in [2.75, 3.05) is 17.2 Å². The molecule has 5 nitrogen and oxygen atoms in total. The molecule has 0 fully saturated rings. The van der Waals surface area contributed by atoms with Crippen molar-refractivity contribution in [3.8, 4) is 0 Å². The molecular weight excluding hydrogens is 408 g/mol. The zero-order valence-corrected chi connectivity index (χ0v) is 19.6. The van der Waals surface area contributed by atoms with E-state index >= 15 is 0 Å². The molecule has 4 aromatic rings. The molecule has 2 aromatic carbocycles. The number of hydrogen-bond donors (Lipinski definition) is 4. The maximum Gasteiger partial charge on any atom is 0.104 e. The minimum absolute atomic E-state index is 0.714. The minimum Gasteiger partial charge on any atom is -0.384 e. The largest absolute Gasteiger partial charge is 0.384 e. The number of pyridine rings is 1. The fraction of sp³-hybridized carbons (Fsp3) is 0.321. The summed E-state index contributed by atoms with van der Waals surface area (Å²) in [6.45, 7) is 7.06. The van der Waals surface area contributed by atoms with Gasteiger partial charge >= 0.3 is 0 Å². The van der Waals surface area contributed by atoms with Crippen LogP contribution in [0.25, 0.3) is 10.9 Å². The van der Waals surface area contributed by atoms with Crippen LogP contribution in [-0.2, 0) is 24.9 Å². The van der Waals surface area contributed by atoms with Crippen LogP contribution in [0, 0.1) is 6.92 Å². The summed E-state index contributed by atoms with van der Waals surface area (Å²) in [6.07, 6.45) is 7.48. The smallest absolute Gasteiger partial charge is 0.104 e. The summed E-state index contributed by atoms with van der Waals surface area (Å²) in [5.41, 5.74) is 9.50. The minimum atomic E-state index is -0.834. The summed E-state index contributed by atoms with van der Waals surface area (Å²) in [7, 11) is 0. The predicted octanol–water partition coefficient (Wildman–Crippen LogP) is 5.99. The molecule has 1 aliphatic carbocycles. The van der Waals surface area contributed by atoms with E-state index in [1.807, 2.05) is 13.0 Å². The number of aromatic amines is 1. The van der Waals surface area contributed by atoms with Gasteiger partial charge in [-0.05, 0) is 80.5 Å². The van der Waals surface area contributed by atoms with Crippen LogP contribution in [0.1, 0.15) is 48.2 Å². The highest BCUT2D eigenvalue weighted by molar-refractivity contribution is 5.86. The molecule has 33 heavy (non-hydrogen) atoms. The molecule has 0 amide bonds. The highest BCUT2D eigenvalue weighted by atomic mass is 16.3. The molecule has 0 saturated heterocycles. The number of benzene rings is 2. The molecule has 1 aliphatic rings. The molecule has 0 saturated carbocycles. The second-order valence-corrected chi connectivity index (χ2v) is 9.30. The Morgan fingerprint density at radius 3 is 2.82 bits per heavy atom. The molecular formula is C28H32N4O. The highest BCUT2D eigenvalue weighted by Gasteiger charge is 2.34. The van der Waals surface area contributed by atoms with Gasteiger partial charge in [-0.2, -0.15) is 0 Å². The molecule has 0 radical (unpaired) electrons. The molecule has 5 heteroatoms. The van der Waals surface area contributed by atoms with Gasteiger partial charge in [0, 0.05) is 52.5 Å². The third kappa shape index (κ3) is 4.09. The molecule has 5 rings (SSSR count). The van der Waals surface area contributed by atoms with Crippen LogP contribution in [0.3, 0.4) is 0 Å². The number of fused-ring (bicyclic) bond motifs is 2. The molecule has 0 spiro atoms. The van der Waals surface area contributed by atoms with Crippen molar-refractivity contribution in [1.29, 1.82) is 0 Å². The lowest BCUT2D eigenvalue weighted by Gasteiger charge is -2.17. The van der Waals surface area contributed by atoms with E-state index in [-0.39, 0.29) is 0 Å². The standard InChI is InChI=1S/C28H32N4O/c1-4-19-6-5-7-22-20(17-31-26(19)22)11-14-29-24-9-8-21(16-18(24)2)32-25-12-15-30-27-23(25)10-13-28(27,3)33/h5-9,12,15-17,29,31,33H,4,10-11,13-14H2,1-3H3,(H,30,32). The van der Waals surface area contributed by atoms with Crippen molar-refractivity contribution in [1.82, 2.24) is 9.97 Å². The average molecular weight is 441 g/mol. The Kier molecular flexibility index (Phi) is 5.59. The summed E-state index contributed by atoms with van der Waals surface area (Å²) in [6, 6.07) is 15.0. The number of para-hydroxylation sites is 1. The van der Waals surface area contributed by atoms with Crippen LogP contribution >= 0.6 is 0 Å². The Morgan fingerprint density at radius 1 is 1.12 bits per heavy atom. The lowest BCUT2D eigenvalue weighted by Crippen LogP contribution is -2.18. The van der Waals surface area contributed by atoms with E-state index < -0.39 is 5.60 Å². The van der Waals surface area contributed by atoms with Gasteiger partial charge in [0.25, 0.3) is 0 Å². The predicted molar refractivity (Wildman–Crippen MR) is 136 cm³/mol. The van der Waals surface area contributed by atoms with Crippen molar-refractivity contribution in [2.24, 2.45) is 0 Å². The van der Waals surface area contributed by atoms with Gasteiger partial charge in [0.1, 0.15) is 5.60 Å². The van der Waals surface area contributed by atoms with Gasteiger partial charge in [0.15, 0.2) is 0 Å². The van der Waals surface area contributed by atoms with Gasteiger partial charge in [-0.15, -0.1) is 0 Å². The number of aryl methyl sites for hydroxylation is 2. The monoisotopic (exact) mass is 440 g/mol. The maximum absolute atomic E-state index is 10.6. The second-order valence-electron chi connectivity index (χ2n) is 9.30. The first-order valence-corrected chi connectivity index (χ1v) is 11.9. The summed E-state index contributed by atoms with van der Waals surface area (Å²) < 4.78 is 0. The second kappa shape index (κ2) is 8.56. The lowest BCUT2D eigenvalue weighted by molar-refractivity contribution is 0.0554. The first kappa shape index (κ1) is 21.5. The van der Waals surface area contributed by atoms with E-state index in [0.717, 1.165) is 54.1 Å². The number of rotatable bonds is 7. The van der Waals surface area contributed by atoms with Gasteiger partial charge < -0.3 is 20.7 Å². The molecule has 1 unspecified atom stereocenters. The van der Waals surface area contributed by atoms with E-state index in [1.165, 1.54) is 27.6 Å². The number of nitrogens with zero attached hydrogens (tertiary/aromatic N) is 1. The van der Waals surface area contributed by atoms with Crippen molar-refractivity contribution in [3.05, 3.63) is 82.8 Å². The number of aromatic nitrogens is 2. The Hall–Kier alpha value is -3.31. The van der Waals surface area contributed by atoms with Crippen LogP contribution in [0.15, 0.2) is 54.9 Å². The Morgan fingerprint density at radius 2 is 2.00 bits per heavy atom. The molecule has 1 atom stereocenters. The third-order valence-corrected chi connectivity index (χ3v) is 6.91. The van der Waals surface area contributed by atoms with E-state index in [9.17, 15) is 5.11 Å². The average Bonchev–Trinajstić information content (AvgIpc) is 3.36. The fourth-order valence-corrected chi connectivity index (χ4v) is 5.02. The van der Waals surface area contributed by atoms with Crippen molar-refractivity contribution in [2.45, 2.75) is 52.1 Å². The Bertz CT molecular complexity index is 1300. The molecule has 0 bridgehead atoms. The van der Waals surface area contributed by atoms with Crippen molar-refractivity contribution >= 4 is 28.0 Å². The quantitative estimate of drug-likeness (QED) is 0.285. The van der Waals surface area contributed by atoms with Crippen LogP contribution in [0.4, 0.5) is 17.1 Å². The van der Waals surface area contributed by atoms with Crippen LogP contribution < -0.4 is 10.6 Å². The van der Waals surface area contributed by atoms with Gasteiger partial charge in [-0.25, -0.2) is 0 Å². The van der Waals surface area contributed by atoms with E-state index in [1.54, 1.807) is 6.20 Å². The molecule has 4 N–H and O–H groups in total. The Labute approximate surface area is 195 Å². The normalized spacial score (nSPS) is 17.3. The highest BCUT2D eigenvalue weighted by Crippen LogP contribution is 2.39. The summed E-state index contributed by atoms with van der Waals surface area (Å²) in [5, 5.41) is 19.0. The number of nitrogens with one attached hydrogen (secondary N) is 3. The summed E-state index contributed by atoms with van der Waals surface area (Å²) >= 11 is 0. The third-order valence-electron chi connectivity index (χ3n) is 6.91. The number of H-pyrrole nitrogens is 1.